The Kier molecular flexibility index (Phi) is 4.03. The van der Waals surface area contributed by atoms with Crippen molar-refractivity contribution in [2.75, 3.05) is 6.54 Å². The molecule has 1 aliphatic heterocycles. The molecule has 20 heavy (non-hydrogen) atoms. The van der Waals surface area contributed by atoms with E-state index in [1.54, 1.807) is 0 Å². The predicted octanol–water partition coefficient (Wildman–Crippen LogP) is 0.978. The summed E-state index contributed by atoms with van der Waals surface area (Å²) in [5.74, 6) is 0.286. The van der Waals surface area contributed by atoms with E-state index in [1.165, 1.54) is 11.1 Å². The van der Waals surface area contributed by atoms with Crippen LogP contribution in [0.4, 0.5) is 0 Å². The van der Waals surface area contributed by atoms with Crippen LogP contribution < -0.4 is 10.6 Å². The number of benzene rings is 1. The standard InChI is InChI=1S/C16H22N2O2/c19-15-7-3-6-13(15)10-18-16(20)14-8-11-4-1-2-5-12(11)9-17-14/h1-2,4-5,13-15,17,19H,3,6-10H2,(H,18,20). The smallest absolute Gasteiger partial charge is 0.237 e. The van der Waals surface area contributed by atoms with Crippen molar-refractivity contribution in [3.8, 4) is 0 Å². The minimum atomic E-state index is -0.240. The molecule has 3 N–H and O–H groups in total. The van der Waals surface area contributed by atoms with Gasteiger partial charge in [0.15, 0.2) is 0 Å². The topological polar surface area (TPSA) is 61.4 Å². The molecule has 108 valence electrons. The predicted molar refractivity (Wildman–Crippen MR) is 77.1 cm³/mol. The Hall–Kier alpha value is -1.39. The van der Waals surface area contributed by atoms with Crippen LogP contribution in [0.5, 0.6) is 0 Å². The SMILES string of the molecule is O=C(NCC1CCCC1O)C1Cc2ccccc2CN1. The van der Waals surface area contributed by atoms with Crippen molar-refractivity contribution in [1.82, 2.24) is 10.6 Å². The van der Waals surface area contributed by atoms with Gasteiger partial charge in [-0.1, -0.05) is 30.7 Å². The van der Waals surface area contributed by atoms with Gasteiger partial charge in [-0.2, -0.15) is 0 Å². The highest BCUT2D eigenvalue weighted by molar-refractivity contribution is 5.82. The molecule has 1 amide bonds. The van der Waals surface area contributed by atoms with Crippen molar-refractivity contribution >= 4 is 5.91 Å². The summed E-state index contributed by atoms with van der Waals surface area (Å²) in [7, 11) is 0. The Morgan fingerprint density at radius 1 is 1.30 bits per heavy atom. The average Bonchev–Trinajstić information content (AvgIpc) is 2.89. The van der Waals surface area contributed by atoms with Crippen LogP contribution in [-0.4, -0.2) is 29.7 Å². The second-order valence-corrected chi connectivity index (χ2v) is 5.91. The van der Waals surface area contributed by atoms with Gasteiger partial charge in [-0.25, -0.2) is 0 Å². The first kappa shape index (κ1) is 13.6. The lowest BCUT2D eigenvalue weighted by atomic mass is 9.95. The Bertz CT molecular complexity index is 489. The summed E-state index contributed by atoms with van der Waals surface area (Å²) in [5, 5.41) is 16.1. The molecule has 1 aliphatic carbocycles. The van der Waals surface area contributed by atoms with Gasteiger partial charge in [-0.15, -0.1) is 0 Å². The van der Waals surface area contributed by atoms with E-state index in [2.05, 4.69) is 22.8 Å². The van der Waals surface area contributed by atoms with E-state index in [0.29, 0.717) is 6.54 Å². The zero-order valence-corrected chi connectivity index (χ0v) is 11.6. The quantitative estimate of drug-likeness (QED) is 0.770. The summed E-state index contributed by atoms with van der Waals surface area (Å²) in [5.41, 5.74) is 2.54. The van der Waals surface area contributed by atoms with Gasteiger partial charge >= 0.3 is 0 Å². The maximum Gasteiger partial charge on any atom is 0.237 e. The summed E-state index contributed by atoms with van der Waals surface area (Å²) < 4.78 is 0. The third-order valence-electron chi connectivity index (χ3n) is 4.56. The van der Waals surface area contributed by atoms with Crippen LogP contribution in [0, 0.1) is 5.92 Å². The van der Waals surface area contributed by atoms with E-state index in [0.717, 1.165) is 32.2 Å². The summed E-state index contributed by atoms with van der Waals surface area (Å²) in [4.78, 5) is 12.2. The molecule has 3 unspecified atom stereocenters. The normalized spacial score (nSPS) is 28.9. The van der Waals surface area contributed by atoms with Gasteiger partial charge < -0.3 is 15.7 Å². The third kappa shape index (κ3) is 2.86. The molecule has 1 heterocycles. The number of carbonyl (C=O) groups is 1. The summed E-state index contributed by atoms with van der Waals surface area (Å²) in [6.45, 7) is 1.35. The fourth-order valence-corrected chi connectivity index (χ4v) is 3.25. The number of amides is 1. The van der Waals surface area contributed by atoms with E-state index in [9.17, 15) is 9.90 Å². The minimum Gasteiger partial charge on any atom is -0.393 e. The van der Waals surface area contributed by atoms with E-state index < -0.39 is 0 Å². The molecule has 0 saturated heterocycles. The van der Waals surface area contributed by atoms with E-state index in [-0.39, 0.29) is 24.0 Å². The molecule has 0 spiro atoms. The molecule has 0 bridgehead atoms. The van der Waals surface area contributed by atoms with E-state index in [1.807, 2.05) is 12.1 Å². The second-order valence-electron chi connectivity index (χ2n) is 5.91. The Morgan fingerprint density at radius 2 is 2.10 bits per heavy atom. The van der Waals surface area contributed by atoms with E-state index >= 15 is 0 Å². The lowest BCUT2D eigenvalue weighted by Gasteiger charge is -2.26. The monoisotopic (exact) mass is 274 g/mol. The molecule has 1 aromatic carbocycles. The number of hydrogen-bond acceptors (Lipinski definition) is 3. The van der Waals surface area contributed by atoms with Crippen molar-refractivity contribution in [2.45, 2.75) is 44.4 Å². The molecule has 0 radical (unpaired) electrons. The zero-order chi connectivity index (χ0) is 13.9. The Labute approximate surface area is 119 Å². The van der Waals surface area contributed by atoms with Gasteiger partial charge in [0.25, 0.3) is 0 Å². The maximum absolute atomic E-state index is 12.2. The Balaban J connectivity index is 1.54. The lowest BCUT2D eigenvalue weighted by Crippen LogP contribution is -2.49. The summed E-state index contributed by atoms with van der Waals surface area (Å²) in [6.07, 6.45) is 3.46. The number of nitrogens with one attached hydrogen (secondary N) is 2. The van der Waals surface area contributed by atoms with Gasteiger partial charge in [-0.05, 0) is 30.4 Å². The van der Waals surface area contributed by atoms with Crippen molar-refractivity contribution in [3.63, 3.8) is 0 Å². The number of fused-ring (bicyclic) bond motifs is 1. The number of aliphatic hydroxyl groups is 1. The molecular formula is C16H22N2O2. The number of carbonyl (C=O) groups excluding carboxylic acids is 1. The van der Waals surface area contributed by atoms with Crippen LogP contribution in [0.25, 0.3) is 0 Å². The Morgan fingerprint density at radius 3 is 2.85 bits per heavy atom. The maximum atomic E-state index is 12.2. The largest absolute Gasteiger partial charge is 0.393 e. The number of rotatable bonds is 3. The molecule has 3 rings (SSSR count). The van der Waals surface area contributed by atoms with Crippen LogP contribution in [-0.2, 0) is 17.8 Å². The molecule has 1 saturated carbocycles. The summed E-state index contributed by atoms with van der Waals surface area (Å²) >= 11 is 0. The van der Waals surface area contributed by atoms with Gasteiger partial charge in [0, 0.05) is 19.0 Å². The van der Waals surface area contributed by atoms with Crippen molar-refractivity contribution < 1.29 is 9.90 Å². The molecular weight excluding hydrogens is 252 g/mol. The number of aliphatic hydroxyl groups excluding tert-OH is 1. The average molecular weight is 274 g/mol. The fraction of sp³-hybridized carbons (Fsp3) is 0.562. The first-order valence-corrected chi connectivity index (χ1v) is 7.50. The molecule has 1 aromatic rings. The van der Waals surface area contributed by atoms with Gasteiger partial charge in [0.1, 0.15) is 0 Å². The molecule has 3 atom stereocenters. The van der Waals surface area contributed by atoms with Crippen LogP contribution in [0.2, 0.25) is 0 Å². The van der Waals surface area contributed by atoms with Gasteiger partial charge in [0.2, 0.25) is 5.91 Å². The van der Waals surface area contributed by atoms with Crippen molar-refractivity contribution in [3.05, 3.63) is 35.4 Å². The van der Waals surface area contributed by atoms with E-state index in [4.69, 9.17) is 0 Å². The first-order chi connectivity index (χ1) is 9.74. The van der Waals surface area contributed by atoms with Crippen LogP contribution in [0.15, 0.2) is 24.3 Å². The molecule has 4 heteroatoms. The van der Waals surface area contributed by atoms with Gasteiger partial charge in [-0.3, -0.25) is 4.79 Å². The second kappa shape index (κ2) is 5.94. The van der Waals surface area contributed by atoms with Crippen LogP contribution >= 0.6 is 0 Å². The van der Waals surface area contributed by atoms with Crippen LogP contribution in [0.3, 0.4) is 0 Å². The molecule has 1 fully saturated rings. The molecule has 2 aliphatic rings. The van der Waals surface area contributed by atoms with Crippen LogP contribution in [0.1, 0.15) is 30.4 Å². The lowest BCUT2D eigenvalue weighted by molar-refractivity contribution is -0.123. The van der Waals surface area contributed by atoms with Gasteiger partial charge in [0.05, 0.1) is 12.1 Å². The summed E-state index contributed by atoms with van der Waals surface area (Å²) in [6, 6.07) is 8.10. The van der Waals surface area contributed by atoms with Crippen molar-refractivity contribution in [1.29, 1.82) is 0 Å². The fourth-order valence-electron chi connectivity index (χ4n) is 3.25. The zero-order valence-electron chi connectivity index (χ0n) is 11.6. The third-order valence-corrected chi connectivity index (χ3v) is 4.56. The minimum absolute atomic E-state index is 0.0543. The van der Waals surface area contributed by atoms with Crippen molar-refractivity contribution in [2.24, 2.45) is 5.92 Å². The number of hydrogen-bond donors (Lipinski definition) is 3. The first-order valence-electron chi connectivity index (χ1n) is 7.50. The highest BCUT2D eigenvalue weighted by Crippen LogP contribution is 2.24. The highest BCUT2D eigenvalue weighted by atomic mass is 16.3. The molecule has 4 nitrogen and oxygen atoms in total. The highest BCUT2D eigenvalue weighted by Gasteiger charge is 2.28. The molecule has 0 aromatic heterocycles.